The summed E-state index contributed by atoms with van der Waals surface area (Å²) in [6.45, 7) is 3.89. The van der Waals surface area contributed by atoms with Crippen molar-refractivity contribution in [2.75, 3.05) is 4.72 Å². The number of rotatable bonds is 5. The van der Waals surface area contributed by atoms with E-state index >= 15 is 0 Å². The van der Waals surface area contributed by atoms with Crippen LogP contribution in [0.1, 0.15) is 31.7 Å². The molecule has 9 heteroatoms. The molecule has 4 nitrogen and oxygen atoms in total. The summed E-state index contributed by atoms with van der Waals surface area (Å²) in [4.78, 5) is -0.341. The predicted octanol–water partition coefficient (Wildman–Crippen LogP) is 4.26. The third-order valence-electron chi connectivity index (χ3n) is 3.85. The zero-order valence-corrected chi connectivity index (χ0v) is 14.1. The smallest absolute Gasteiger partial charge is 0.262 e. The Morgan fingerprint density at radius 1 is 1.00 bits per heavy atom. The standard InChI is InChI=1S/C16H15F4NO3S/c1-3-8(2)9-4-6-10(7-5-9)25(23,24)21-15-11(17)13(19)16(22)14(20)12(15)18/h4-8,21-22H,3H2,1-2H3/t8-/m1/s1. The second-order valence-corrected chi connectivity index (χ2v) is 7.15. The van der Waals surface area contributed by atoms with Gasteiger partial charge in [0, 0.05) is 0 Å². The molecule has 25 heavy (non-hydrogen) atoms. The lowest BCUT2D eigenvalue weighted by molar-refractivity contribution is 0.359. The Balaban J connectivity index is 2.43. The molecule has 2 rings (SSSR count). The van der Waals surface area contributed by atoms with Gasteiger partial charge in [-0.3, -0.25) is 4.72 Å². The van der Waals surface area contributed by atoms with E-state index in [0.29, 0.717) is 0 Å². The fourth-order valence-electron chi connectivity index (χ4n) is 2.11. The molecule has 1 atom stereocenters. The number of hydrogen-bond donors (Lipinski definition) is 2. The van der Waals surface area contributed by atoms with Crippen LogP contribution in [0, 0.1) is 23.3 Å². The first kappa shape index (κ1) is 19.0. The van der Waals surface area contributed by atoms with Gasteiger partial charge < -0.3 is 5.11 Å². The topological polar surface area (TPSA) is 66.4 Å². The van der Waals surface area contributed by atoms with Crippen LogP contribution in [0.2, 0.25) is 0 Å². The minimum Gasteiger partial charge on any atom is -0.503 e. The molecule has 0 aliphatic carbocycles. The molecule has 0 aliphatic heterocycles. The molecule has 0 amide bonds. The highest BCUT2D eigenvalue weighted by molar-refractivity contribution is 7.92. The van der Waals surface area contributed by atoms with Gasteiger partial charge in [0.2, 0.25) is 11.6 Å². The number of hydrogen-bond acceptors (Lipinski definition) is 3. The summed E-state index contributed by atoms with van der Waals surface area (Å²) in [5, 5.41) is 8.91. The molecule has 0 aliphatic rings. The molecule has 136 valence electrons. The second-order valence-electron chi connectivity index (χ2n) is 5.46. The van der Waals surface area contributed by atoms with E-state index in [1.807, 2.05) is 13.8 Å². The molecule has 0 saturated carbocycles. The predicted molar refractivity (Wildman–Crippen MR) is 83.9 cm³/mol. The Morgan fingerprint density at radius 2 is 1.48 bits per heavy atom. The summed E-state index contributed by atoms with van der Waals surface area (Å²) < 4.78 is 79.9. The number of benzene rings is 2. The summed E-state index contributed by atoms with van der Waals surface area (Å²) in [5.74, 6) is -9.96. The van der Waals surface area contributed by atoms with Gasteiger partial charge >= 0.3 is 0 Å². The van der Waals surface area contributed by atoms with Gasteiger partial charge in [-0.1, -0.05) is 26.0 Å². The lowest BCUT2D eigenvalue weighted by atomic mass is 9.99. The average Bonchev–Trinajstić information content (AvgIpc) is 2.61. The lowest BCUT2D eigenvalue weighted by Crippen LogP contribution is -2.16. The number of phenols is 1. The number of anilines is 1. The van der Waals surface area contributed by atoms with Crippen molar-refractivity contribution in [3.8, 4) is 5.75 Å². The van der Waals surface area contributed by atoms with Crippen LogP contribution in [0.15, 0.2) is 29.2 Å². The van der Waals surface area contributed by atoms with E-state index in [0.717, 1.165) is 12.0 Å². The minimum atomic E-state index is -4.50. The van der Waals surface area contributed by atoms with Crippen molar-refractivity contribution < 1.29 is 31.1 Å². The van der Waals surface area contributed by atoms with Gasteiger partial charge in [-0.05, 0) is 30.0 Å². The van der Waals surface area contributed by atoms with Crippen LogP contribution in [0.3, 0.4) is 0 Å². The number of sulfonamides is 1. The molecule has 0 saturated heterocycles. The average molecular weight is 377 g/mol. The van der Waals surface area contributed by atoms with E-state index < -0.39 is 44.7 Å². The van der Waals surface area contributed by atoms with Gasteiger partial charge in [0.1, 0.15) is 5.69 Å². The number of nitrogens with one attached hydrogen (secondary N) is 1. The normalized spacial score (nSPS) is 12.9. The number of aromatic hydroxyl groups is 1. The highest BCUT2D eigenvalue weighted by Gasteiger charge is 2.28. The van der Waals surface area contributed by atoms with Crippen molar-refractivity contribution >= 4 is 15.7 Å². The summed E-state index contributed by atoms with van der Waals surface area (Å²) in [6, 6.07) is 5.50. The van der Waals surface area contributed by atoms with Crippen LogP contribution >= 0.6 is 0 Å². The molecule has 0 bridgehead atoms. The van der Waals surface area contributed by atoms with Gasteiger partial charge in [0.05, 0.1) is 4.90 Å². The van der Waals surface area contributed by atoms with Gasteiger partial charge in [0.25, 0.3) is 10.0 Å². The lowest BCUT2D eigenvalue weighted by Gasteiger charge is -2.13. The van der Waals surface area contributed by atoms with Crippen molar-refractivity contribution in [3.63, 3.8) is 0 Å². The van der Waals surface area contributed by atoms with Crippen LogP contribution in [-0.4, -0.2) is 13.5 Å². The molecule has 0 aromatic heterocycles. The van der Waals surface area contributed by atoms with Gasteiger partial charge in [0.15, 0.2) is 17.4 Å². The molecular formula is C16H15F4NO3S. The number of halogens is 4. The van der Waals surface area contributed by atoms with E-state index in [4.69, 9.17) is 5.11 Å². The largest absolute Gasteiger partial charge is 0.503 e. The fraction of sp³-hybridized carbons (Fsp3) is 0.250. The summed E-state index contributed by atoms with van der Waals surface area (Å²) in [7, 11) is -4.50. The van der Waals surface area contributed by atoms with Crippen LogP contribution in [-0.2, 0) is 10.0 Å². The van der Waals surface area contributed by atoms with Crippen molar-refractivity contribution in [1.82, 2.24) is 0 Å². The monoisotopic (exact) mass is 377 g/mol. The highest BCUT2D eigenvalue weighted by atomic mass is 32.2. The Labute approximate surface area is 142 Å². The summed E-state index contributed by atoms with van der Waals surface area (Å²) in [6.07, 6.45) is 0.826. The quantitative estimate of drug-likeness (QED) is 0.465. The van der Waals surface area contributed by atoms with Crippen molar-refractivity contribution in [2.45, 2.75) is 31.1 Å². The van der Waals surface area contributed by atoms with Crippen molar-refractivity contribution in [1.29, 1.82) is 0 Å². The Hall–Kier alpha value is -2.29. The maximum Gasteiger partial charge on any atom is 0.262 e. The molecule has 2 N–H and O–H groups in total. The zero-order chi connectivity index (χ0) is 18.9. The maximum atomic E-state index is 13.7. The molecule has 0 spiro atoms. The van der Waals surface area contributed by atoms with E-state index in [-0.39, 0.29) is 10.8 Å². The van der Waals surface area contributed by atoms with Crippen LogP contribution < -0.4 is 4.72 Å². The van der Waals surface area contributed by atoms with Crippen molar-refractivity contribution in [3.05, 3.63) is 53.1 Å². The van der Waals surface area contributed by atoms with E-state index in [1.165, 1.54) is 29.0 Å². The first-order valence-corrected chi connectivity index (χ1v) is 8.76. The Kier molecular flexibility index (Phi) is 5.26. The number of phenolic OH excluding ortho intramolecular Hbond substituents is 1. The van der Waals surface area contributed by atoms with Gasteiger partial charge in [-0.15, -0.1) is 0 Å². The molecule has 2 aromatic carbocycles. The molecule has 0 heterocycles. The molecule has 2 aromatic rings. The zero-order valence-electron chi connectivity index (χ0n) is 13.3. The first-order valence-electron chi connectivity index (χ1n) is 7.27. The maximum absolute atomic E-state index is 13.7. The molecule has 0 unspecified atom stereocenters. The third-order valence-corrected chi connectivity index (χ3v) is 5.21. The van der Waals surface area contributed by atoms with Gasteiger partial charge in [-0.25, -0.2) is 17.2 Å². The second kappa shape index (κ2) is 6.91. The van der Waals surface area contributed by atoms with Crippen molar-refractivity contribution in [2.24, 2.45) is 0 Å². The minimum absolute atomic E-state index is 0.180. The molecular weight excluding hydrogens is 362 g/mol. The first-order chi connectivity index (χ1) is 11.6. The Morgan fingerprint density at radius 3 is 1.92 bits per heavy atom. The molecule has 0 radical (unpaired) electrons. The highest BCUT2D eigenvalue weighted by Crippen LogP contribution is 2.33. The SMILES string of the molecule is CC[C@@H](C)c1ccc(S(=O)(=O)Nc2c(F)c(F)c(O)c(F)c2F)cc1. The fourth-order valence-corrected chi connectivity index (χ4v) is 3.17. The van der Waals surface area contributed by atoms with Crippen LogP contribution in [0.5, 0.6) is 5.75 Å². The van der Waals surface area contributed by atoms with E-state index in [1.54, 1.807) is 0 Å². The van der Waals surface area contributed by atoms with Crippen LogP contribution in [0.4, 0.5) is 23.2 Å². The third kappa shape index (κ3) is 3.55. The summed E-state index contributed by atoms with van der Waals surface area (Å²) >= 11 is 0. The summed E-state index contributed by atoms with van der Waals surface area (Å²) in [5.41, 5.74) is -0.681. The van der Waals surface area contributed by atoms with E-state index in [2.05, 4.69) is 0 Å². The Bertz CT molecular complexity index is 870. The molecule has 0 fully saturated rings. The van der Waals surface area contributed by atoms with Gasteiger partial charge in [-0.2, -0.15) is 8.78 Å². The van der Waals surface area contributed by atoms with E-state index in [9.17, 15) is 26.0 Å². The van der Waals surface area contributed by atoms with Crippen LogP contribution in [0.25, 0.3) is 0 Å².